The summed E-state index contributed by atoms with van der Waals surface area (Å²) in [5.41, 5.74) is -0.254. The molecule has 0 saturated heterocycles. The standard InChI is InChI=1S/C18H16ClFN2O4/c1-9(2)22-26-17-11(10(3)23)8-12(18(24)25)16(15(17)20)21-14-7-5-4-6-13(14)19/h4-8,21H,1-3H3,(H,24,25). The lowest BCUT2D eigenvalue weighted by atomic mass is 10.0. The number of benzene rings is 2. The van der Waals surface area contributed by atoms with Gasteiger partial charge < -0.3 is 15.3 Å². The Morgan fingerprint density at radius 2 is 1.85 bits per heavy atom. The van der Waals surface area contributed by atoms with Crippen LogP contribution in [0, 0.1) is 5.82 Å². The van der Waals surface area contributed by atoms with Crippen molar-refractivity contribution in [2.24, 2.45) is 5.16 Å². The lowest BCUT2D eigenvalue weighted by molar-refractivity contribution is 0.0697. The maximum absolute atomic E-state index is 15.1. The van der Waals surface area contributed by atoms with Crippen LogP contribution in [-0.2, 0) is 0 Å². The van der Waals surface area contributed by atoms with Crippen LogP contribution in [-0.4, -0.2) is 22.6 Å². The fourth-order valence-corrected chi connectivity index (χ4v) is 2.29. The third-order valence-corrected chi connectivity index (χ3v) is 3.61. The molecule has 0 aliphatic heterocycles. The molecule has 0 radical (unpaired) electrons. The van der Waals surface area contributed by atoms with Gasteiger partial charge in [-0.05, 0) is 39.0 Å². The van der Waals surface area contributed by atoms with Gasteiger partial charge in [-0.25, -0.2) is 9.18 Å². The highest BCUT2D eigenvalue weighted by Gasteiger charge is 2.26. The minimum absolute atomic E-state index is 0.227. The Morgan fingerprint density at radius 1 is 1.19 bits per heavy atom. The molecule has 0 atom stereocenters. The summed E-state index contributed by atoms with van der Waals surface area (Å²) < 4.78 is 15.1. The summed E-state index contributed by atoms with van der Waals surface area (Å²) in [4.78, 5) is 28.5. The summed E-state index contributed by atoms with van der Waals surface area (Å²) in [7, 11) is 0. The van der Waals surface area contributed by atoms with Gasteiger partial charge in [0.25, 0.3) is 0 Å². The average molecular weight is 379 g/mol. The van der Waals surface area contributed by atoms with Gasteiger partial charge in [-0.15, -0.1) is 0 Å². The van der Waals surface area contributed by atoms with E-state index in [0.29, 0.717) is 11.4 Å². The molecule has 0 aliphatic rings. The van der Waals surface area contributed by atoms with Crippen molar-refractivity contribution in [1.82, 2.24) is 0 Å². The maximum Gasteiger partial charge on any atom is 0.337 e. The predicted octanol–water partition coefficient (Wildman–Crippen LogP) is 4.90. The first-order valence-electron chi connectivity index (χ1n) is 7.52. The Balaban J connectivity index is 2.70. The van der Waals surface area contributed by atoms with Crippen molar-refractivity contribution in [1.29, 1.82) is 0 Å². The average Bonchev–Trinajstić information content (AvgIpc) is 2.56. The molecule has 0 heterocycles. The van der Waals surface area contributed by atoms with Crippen LogP contribution >= 0.6 is 11.6 Å². The van der Waals surface area contributed by atoms with Crippen LogP contribution in [0.2, 0.25) is 5.02 Å². The second kappa shape index (κ2) is 7.97. The molecular formula is C18H16ClFN2O4. The van der Waals surface area contributed by atoms with Gasteiger partial charge in [-0.2, -0.15) is 0 Å². The fourth-order valence-electron chi connectivity index (χ4n) is 2.11. The lowest BCUT2D eigenvalue weighted by Crippen LogP contribution is -2.11. The number of hydrogen-bond acceptors (Lipinski definition) is 5. The Kier molecular flexibility index (Phi) is 5.94. The van der Waals surface area contributed by atoms with E-state index >= 15 is 4.39 Å². The molecule has 2 aromatic rings. The molecule has 0 unspecified atom stereocenters. The molecule has 0 fully saturated rings. The summed E-state index contributed by atoms with van der Waals surface area (Å²) in [5, 5.41) is 16.0. The van der Waals surface area contributed by atoms with Gasteiger partial charge in [0.2, 0.25) is 5.75 Å². The molecule has 0 saturated carbocycles. The summed E-state index contributed by atoms with van der Waals surface area (Å²) in [5.74, 6) is -3.49. The molecule has 0 aliphatic carbocycles. The minimum atomic E-state index is -1.41. The van der Waals surface area contributed by atoms with Crippen molar-refractivity contribution in [3.8, 4) is 5.75 Å². The molecular weight excluding hydrogens is 363 g/mol. The number of carbonyl (C=O) groups excluding carboxylic acids is 1. The zero-order valence-corrected chi connectivity index (χ0v) is 15.0. The molecule has 136 valence electrons. The van der Waals surface area contributed by atoms with Crippen molar-refractivity contribution >= 4 is 40.4 Å². The van der Waals surface area contributed by atoms with Crippen LogP contribution in [0.1, 0.15) is 41.5 Å². The minimum Gasteiger partial charge on any atom is -0.478 e. The number of ketones is 1. The van der Waals surface area contributed by atoms with Gasteiger partial charge >= 0.3 is 5.97 Å². The summed E-state index contributed by atoms with van der Waals surface area (Å²) in [6.07, 6.45) is 0. The van der Waals surface area contributed by atoms with Crippen LogP contribution in [0.25, 0.3) is 0 Å². The van der Waals surface area contributed by atoms with E-state index in [-0.39, 0.29) is 16.3 Å². The van der Waals surface area contributed by atoms with Crippen molar-refractivity contribution in [2.75, 3.05) is 5.32 Å². The highest BCUT2D eigenvalue weighted by atomic mass is 35.5. The monoisotopic (exact) mass is 378 g/mol. The van der Waals surface area contributed by atoms with Crippen LogP contribution in [0.3, 0.4) is 0 Å². The number of halogens is 2. The van der Waals surface area contributed by atoms with Crippen LogP contribution < -0.4 is 10.2 Å². The number of carbonyl (C=O) groups is 2. The first kappa shape index (κ1) is 19.4. The summed E-state index contributed by atoms with van der Waals surface area (Å²) in [6, 6.07) is 7.49. The second-order valence-electron chi connectivity index (χ2n) is 5.59. The number of para-hydroxylation sites is 1. The van der Waals surface area contributed by atoms with E-state index in [1.54, 1.807) is 38.1 Å². The second-order valence-corrected chi connectivity index (χ2v) is 5.99. The normalized spacial score (nSPS) is 10.2. The number of Topliss-reactive ketones (excluding diaryl/α,β-unsaturated/α-hetero) is 1. The topological polar surface area (TPSA) is 88.0 Å². The predicted molar refractivity (Wildman–Crippen MR) is 97.5 cm³/mol. The maximum atomic E-state index is 15.1. The van der Waals surface area contributed by atoms with E-state index in [4.69, 9.17) is 16.4 Å². The van der Waals surface area contributed by atoms with Gasteiger partial charge in [0, 0.05) is 0 Å². The Hall–Kier alpha value is -2.93. The highest BCUT2D eigenvalue weighted by Crippen LogP contribution is 2.36. The van der Waals surface area contributed by atoms with Gasteiger partial charge in [0.1, 0.15) is 0 Å². The number of hydrogen-bond donors (Lipinski definition) is 2. The fraction of sp³-hybridized carbons (Fsp3) is 0.167. The number of oxime groups is 1. The molecule has 0 aromatic heterocycles. The summed E-state index contributed by atoms with van der Waals surface area (Å²) in [6.45, 7) is 4.43. The van der Waals surface area contributed by atoms with E-state index in [2.05, 4.69) is 10.5 Å². The number of carboxylic acids is 1. The first-order valence-corrected chi connectivity index (χ1v) is 7.90. The molecule has 0 amide bonds. The molecule has 0 spiro atoms. The van der Waals surface area contributed by atoms with Crippen LogP contribution in [0.4, 0.5) is 15.8 Å². The molecule has 2 N–H and O–H groups in total. The Morgan fingerprint density at radius 3 is 2.38 bits per heavy atom. The third-order valence-electron chi connectivity index (χ3n) is 3.28. The van der Waals surface area contributed by atoms with Crippen molar-refractivity contribution < 1.29 is 23.9 Å². The Labute approximate surface area is 154 Å². The molecule has 8 heteroatoms. The summed E-state index contributed by atoms with van der Waals surface area (Å²) >= 11 is 6.04. The van der Waals surface area contributed by atoms with Gasteiger partial charge in [0.15, 0.2) is 11.6 Å². The van der Waals surface area contributed by atoms with Crippen molar-refractivity contribution in [2.45, 2.75) is 20.8 Å². The molecule has 2 rings (SSSR count). The lowest BCUT2D eigenvalue weighted by Gasteiger charge is -2.16. The largest absolute Gasteiger partial charge is 0.478 e. The number of carboxylic acid groups (broad SMARTS) is 1. The van der Waals surface area contributed by atoms with Crippen LogP contribution in [0.5, 0.6) is 5.75 Å². The van der Waals surface area contributed by atoms with Crippen molar-refractivity contribution in [3.63, 3.8) is 0 Å². The van der Waals surface area contributed by atoms with Gasteiger partial charge in [-0.1, -0.05) is 28.9 Å². The van der Waals surface area contributed by atoms with E-state index in [1.807, 2.05) is 0 Å². The molecule has 2 aromatic carbocycles. The molecule has 6 nitrogen and oxygen atoms in total. The van der Waals surface area contributed by atoms with Gasteiger partial charge in [-0.3, -0.25) is 4.79 Å². The number of rotatable bonds is 6. The Bertz CT molecular complexity index is 908. The number of nitrogens with one attached hydrogen (secondary N) is 1. The zero-order valence-electron chi connectivity index (χ0n) is 14.3. The quantitative estimate of drug-likeness (QED) is 0.424. The molecule has 0 bridgehead atoms. The highest BCUT2D eigenvalue weighted by molar-refractivity contribution is 6.33. The first-order chi connectivity index (χ1) is 12.2. The zero-order chi connectivity index (χ0) is 19.4. The van der Waals surface area contributed by atoms with E-state index in [9.17, 15) is 14.7 Å². The number of anilines is 2. The van der Waals surface area contributed by atoms with E-state index < -0.39 is 28.9 Å². The number of nitrogens with zero attached hydrogens (tertiary/aromatic N) is 1. The van der Waals surface area contributed by atoms with E-state index in [1.165, 1.54) is 6.92 Å². The van der Waals surface area contributed by atoms with Crippen LogP contribution in [0.15, 0.2) is 35.5 Å². The third kappa shape index (κ3) is 4.18. The van der Waals surface area contributed by atoms with Gasteiger partial charge in [0.05, 0.1) is 33.2 Å². The van der Waals surface area contributed by atoms with Crippen molar-refractivity contribution in [3.05, 3.63) is 52.3 Å². The van der Waals surface area contributed by atoms with E-state index in [0.717, 1.165) is 6.07 Å². The SMILES string of the molecule is CC(=O)c1cc(C(=O)O)c(Nc2ccccc2Cl)c(F)c1ON=C(C)C. The smallest absolute Gasteiger partial charge is 0.337 e. The molecule has 26 heavy (non-hydrogen) atoms. The number of aromatic carboxylic acids is 1.